The molecule has 0 aromatic heterocycles. The molecule has 0 radical (unpaired) electrons. The van der Waals surface area contributed by atoms with Gasteiger partial charge in [0, 0.05) is 19.0 Å². The van der Waals surface area contributed by atoms with Crippen molar-refractivity contribution in [3.8, 4) is 0 Å². The Kier molecular flexibility index (Phi) is 10.6. The van der Waals surface area contributed by atoms with Crippen molar-refractivity contribution < 1.29 is 23.1 Å². The number of benzene rings is 4. The van der Waals surface area contributed by atoms with Crippen LogP contribution in [0.1, 0.15) is 52.1 Å². The maximum absolute atomic E-state index is 13.6. The third-order valence-corrected chi connectivity index (χ3v) is 7.61. The predicted molar refractivity (Wildman–Crippen MR) is 157 cm³/mol. The minimum atomic E-state index is -4.52. The Morgan fingerprint density at radius 3 is 2.02 bits per heavy atom. The Bertz CT molecular complexity index is 1370. The van der Waals surface area contributed by atoms with Crippen molar-refractivity contribution in [2.75, 3.05) is 13.1 Å². The topological polar surface area (TPSA) is 40.5 Å². The summed E-state index contributed by atoms with van der Waals surface area (Å²) in [4.78, 5) is 13.3. The monoisotopic (exact) mass is 579 g/mol. The van der Waals surface area contributed by atoms with Gasteiger partial charge in [0.1, 0.15) is 0 Å². The van der Waals surface area contributed by atoms with Crippen molar-refractivity contribution in [2.45, 2.75) is 44.3 Å². The molecule has 0 amide bonds. The van der Waals surface area contributed by atoms with Gasteiger partial charge in [0.25, 0.3) is 0 Å². The van der Waals surface area contributed by atoms with Gasteiger partial charge >= 0.3 is 12.1 Å². The average Bonchev–Trinajstić information content (AvgIpc) is 2.95. The van der Waals surface area contributed by atoms with Crippen molar-refractivity contribution in [2.24, 2.45) is 0 Å². The molecule has 0 unspecified atom stereocenters. The fourth-order valence-electron chi connectivity index (χ4n) is 5.16. The Morgan fingerprint density at radius 1 is 0.805 bits per heavy atom. The zero-order valence-electron chi connectivity index (χ0n) is 22.7. The smallest absolute Gasteiger partial charge is 0.417 e. The molecule has 4 aromatic carbocycles. The number of nitrogens with zero attached hydrogens (tertiary/aromatic N) is 1. The summed E-state index contributed by atoms with van der Waals surface area (Å²) in [7, 11) is 0. The van der Waals surface area contributed by atoms with E-state index in [0.717, 1.165) is 47.6 Å². The largest absolute Gasteiger partial charge is 0.481 e. The van der Waals surface area contributed by atoms with E-state index < -0.39 is 17.7 Å². The van der Waals surface area contributed by atoms with E-state index >= 15 is 0 Å². The molecule has 1 N–H and O–H groups in total. The first-order chi connectivity index (χ1) is 19.7. The number of alkyl halides is 3. The van der Waals surface area contributed by atoms with Crippen LogP contribution in [0.5, 0.6) is 0 Å². The molecular formula is C34H33ClF3NO2. The van der Waals surface area contributed by atoms with E-state index in [0.29, 0.717) is 18.7 Å². The third kappa shape index (κ3) is 8.94. The van der Waals surface area contributed by atoms with Crippen LogP contribution in [0.25, 0.3) is 0 Å². The number of carboxylic acids is 1. The predicted octanol–water partition coefficient (Wildman–Crippen LogP) is 8.64. The van der Waals surface area contributed by atoms with E-state index in [1.165, 1.54) is 6.07 Å². The SMILES string of the molecule is O=C(O)Cc1cccc(CCCCN(Cc2cccc(C(F)(F)F)c2Cl)CC(c2ccccc2)c2ccccc2)c1. The van der Waals surface area contributed by atoms with E-state index in [1.54, 1.807) is 6.07 Å². The highest BCUT2D eigenvalue weighted by atomic mass is 35.5. The van der Waals surface area contributed by atoms with Crippen LogP contribution in [-0.2, 0) is 30.4 Å². The minimum Gasteiger partial charge on any atom is -0.481 e. The fraction of sp³-hybridized carbons (Fsp3) is 0.265. The summed E-state index contributed by atoms with van der Waals surface area (Å²) in [6.07, 6.45) is -2.09. The minimum absolute atomic E-state index is 0.0142. The summed E-state index contributed by atoms with van der Waals surface area (Å²) < 4.78 is 40.8. The summed E-state index contributed by atoms with van der Waals surface area (Å²) in [6.45, 7) is 1.55. The van der Waals surface area contributed by atoms with E-state index in [9.17, 15) is 18.0 Å². The van der Waals surface area contributed by atoms with E-state index in [4.69, 9.17) is 16.7 Å². The van der Waals surface area contributed by atoms with Gasteiger partial charge in [0.15, 0.2) is 0 Å². The molecule has 0 aliphatic rings. The number of carboxylic acid groups (broad SMARTS) is 1. The molecular weight excluding hydrogens is 547 g/mol. The van der Waals surface area contributed by atoms with Crippen LogP contribution in [0, 0.1) is 0 Å². The van der Waals surface area contributed by atoms with Crippen LogP contribution in [0.3, 0.4) is 0 Å². The number of aryl methyl sites for hydroxylation is 1. The molecule has 41 heavy (non-hydrogen) atoms. The van der Waals surface area contributed by atoms with E-state index in [-0.39, 0.29) is 23.9 Å². The molecule has 214 valence electrons. The first-order valence-electron chi connectivity index (χ1n) is 13.7. The summed E-state index contributed by atoms with van der Waals surface area (Å²) in [6, 6.07) is 32.0. The number of hydrogen-bond acceptors (Lipinski definition) is 2. The number of aliphatic carboxylic acids is 1. The van der Waals surface area contributed by atoms with Gasteiger partial charge in [-0.2, -0.15) is 13.2 Å². The lowest BCUT2D eigenvalue weighted by Crippen LogP contribution is -2.30. The van der Waals surface area contributed by atoms with Gasteiger partial charge in [0.2, 0.25) is 0 Å². The zero-order chi connectivity index (χ0) is 29.2. The molecule has 0 saturated heterocycles. The highest BCUT2D eigenvalue weighted by molar-refractivity contribution is 6.32. The molecule has 0 heterocycles. The molecule has 4 rings (SSSR count). The molecule has 0 spiro atoms. The van der Waals surface area contributed by atoms with Crippen molar-refractivity contribution in [1.82, 2.24) is 4.90 Å². The first-order valence-corrected chi connectivity index (χ1v) is 14.0. The van der Waals surface area contributed by atoms with Crippen molar-refractivity contribution in [3.05, 3.63) is 142 Å². The second-order valence-corrected chi connectivity index (χ2v) is 10.6. The highest BCUT2D eigenvalue weighted by Crippen LogP contribution is 2.37. The number of rotatable bonds is 13. The molecule has 0 bridgehead atoms. The standard InChI is InChI=1S/C34H33ClF3NO2/c35-33-29(18-10-19-31(33)34(36,37)38)23-39(20-8-7-11-25-12-9-13-26(21-25)22-32(40)41)24-30(27-14-3-1-4-15-27)28-16-5-2-6-17-28/h1-6,9-10,12-19,21,30H,7-8,11,20,22-24H2,(H,40,41). The van der Waals surface area contributed by atoms with Crippen LogP contribution < -0.4 is 0 Å². The lowest BCUT2D eigenvalue weighted by Gasteiger charge is -2.29. The van der Waals surface area contributed by atoms with E-state index in [1.807, 2.05) is 60.7 Å². The summed E-state index contributed by atoms with van der Waals surface area (Å²) in [5, 5.41) is 8.84. The van der Waals surface area contributed by atoms with Gasteiger partial charge in [-0.15, -0.1) is 0 Å². The maximum atomic E-state index is 13.6. The zero-order valence-corrected chi connectivity index (χ0v) is 23.4. The second kappa shape index (κ2) is 14.3. The quantitative estimate of drug-likeness (QED) is 0.161. The Hall–Kier alpha value is -3.61. The molecule has 0 aliphatic carbocycles. The number of carbonyl (C=O) groups is 1. The van der Waals surface area contributed by atoms with Gasteiger partial charge in [-0.3, -0.25) is 9.69 Å². The third-order valence-electron chi connectivity index (χ3n) is 7.16. The van der Waals surface area contributed by atoms with Crippen LogP contribution in [0.15, 0.2) is 103 Å². The Balaban J connectivity index is 1.54. The molecule has 0 atom stereocenters. The van der Waals surface area contributed by atoms with Gasteiger partial charge in [-0.1, -0.05) is 109 Å². The molecule has 7 heteroatoms. The van der Waals surface area contributed by atoms with Gasteiger partial charge in [0.05, 0.1) is 17.0 Å². The Morgan fingerprint density at radius 2 is 1.41 bits per heavy atom. The lowest BCUT2D eigenvalue weighted by molar-refractivity contribution is -0.138. The van der Waals surface area contributed by atoms with E-state index in [2.05, 4.69) is 29.2 Å². The maximum Gasteiger partial charge on any atom is 0.417 e. The highest BCUT2D eigenvalue weighted by Gasteiger charge is 2.34. The molecule has 4 aromatic rings. The van der Waals surface area contributed by atoms with Crippen LogP contribution in [0.2, 0.25) is 5.02 Å². The van der Waals surface area contributed by atoms with Crippen molar-refractivity contribution in [3.63, 3.8) is 0 Å². The van der Waals surface area contributed by atoms with Crippen LogP contribution in [-0.4, -0.2) is 29.1 Å². The summed E-state index contributed by atoms with van der Waals surface area (Å²) in [5.74, 6) is -0.841. The van der Waals surface area contributed by atoms with Crippen molar-refractivity contribution >= 4 is 17.6 Å². The number of unbranched alkanes of at least 4 members (excludes halogenated alkanes) is 1. The number of hydrogen-bond donors (Lipinski definition) is 1. The lowest BCUT2D eigenvalue weighted by atomic mass is 9.90. The molecule has 0 fully saturated rings. The number of halogens is 4. The van der Waals surface area contributed by atoms with Gasteiger partial charge in [-0.05, 0) is 59.7 Å². The molecule has 0 aliphatic heterocycles. The Labute approximate surface area is 244 Å². The van der Waals surface area contributed by atoms with Crippen LogP contribution in [0.4, 0.5) is 13.2 Å². The van der Waals surface area contributed by atoms with Crippen LogP contribution >= 0.6 is 11.6 Å². The molecule has 3 nitrogen and oxygen atoms in total. The fourth-order valence-corrected chi connectivity index (χ4v) is 5.46. The second-order valence-electron chi connectivity index (χ2n) is 10.2. The normalized spacial score (nSPS) is 11.8. The summed E-state index contributed by atoms with van der Waals surface area (Å²) in [5.41, 5.74) is 3.73. The summed E-state index contributed by atoms with van der Waals surface area (Å²) >= 11 is 6.31. The van der Waals surface area contributed by atoms with Gasteiger partial charge in [-0.25, -0.2) is 0 Å². The van der Waals surface area contributed by atoms with Crippen molar-refractivity contribution in [1.29, 1.82) is 0 Å². The van der Waals surface area contributed by atoms with Gasteiger partial charge < -0.3 is 5.11 Å². The average molecular weight is 580 g/mol. The first kappa shape index (κ1) is 30.4. The molecule has 0 saturated carbocycles.